The Hall–Kier alpha value is -2.34. The van der Waals surface area contributed by atoms with Gasteiger partial charge in [-0.2, -0.15) is 0 Å². The van der Waals surface area contributed by atoms with Crippen molar-refractivity contribution in [2.24, 2.45) is 10.9 Å². The number of hydrogen-bond acceptors (Lipinski definition) is 5. The average molecular weight is 351 g/mol. The zero-order chi connectivity index (χ0) is 17.5. The Labute approximate surface area is 151 Å². The largest absolute Gasteiger partial charge is 0.326 e. The first kappa shape index (κ1) is 17.5. The van der Waals surface area contributed by atoms with Crippen LogP contribution in [-0.4, -0.2) is 4.90 Å². The summed E-state index contributed by atoms with van der Waals surface area (Å²) in [4.78, 5) is 14.3. The lowest BCUT2D eigenvalue weighted by Gasteiger charge is -2.22. The van der Waals surface area contributed by atoms with Gasteiger partial charge < -0.3 is 5.73 Å². The van der Waals surface area contributed by atoms with Crippen molar-refractivity contribution in [2.45, 2.75) is 26.2 Å². The Morgan fingerprint density at radius 3 is 1.96 bits per heavy atom. The van der Waals surface area contributed by atoms with Crippen LogP contribution >= 0.6 is 11.3 Å². The third kappa shape index (κ3) is 5.06. The Bertz CT molecular complexity index is 783. The Morgan fingerprint density at radius 1 is 0.840 bits per heavy atom. The topological polar surface area (TPSA) is 58.7 Å². The molecule has 0 aliphatic heterocycles. The molecule has 0 unspecified atom stereocenters. The molecule has 3 rings (SSSR count). The second kappa shape index (κ2) is 8.67. The number of nitrogens with two attached hydrogens (primary N) is 1. The molecule has 128 valence electrons. The Morgan fingerprint density at radius 2 is 1.44 bits per heavy atom. The predicted molar refractivity (Wildman–Crippen MR) is 104 cm³/mol. The quantitative estimate of drug-likeness (QED) is 0.593. The van der Waals surface area contributed by atoms with Crippen LogP contribution in [0.5, 0.6) is 0 Å². The number of hydrogen-bond donors (Lipinski definition) is 1. The van der Waals surface area contributed by atoms with E-state index in [1.54, 1.807) is 23.5 Å². The van der Waals surface area contributed by atoms with Crippen molar-refractivity contribution in [3.8, 4) is 0 Å². The highest BCUT2D eigenvalue weighted by molar-refractivity contribution is 7.09. The molecule has 0 saturated carbocycles. The molecule has 4 nitrogen and oxygen atoms in total. The summed E-state index contributed by atoms with van der Waals surface area (Å²) in [6, 6.07) is 20.2. The highest BCUT2D eigenvalue weighted by Crippen LogP contribution is 2.19. The van der Waals surface area contributed by atoms with Gasteiger partial charge in [0.05, 0.1) is 0 Å². The summed E-state index contributed by atoms with van der Waals surface area (Å²) in [5.41, 5.74) is 9.72. The van der Waals surface area contributed by atoms with E-state index in [0.717, 1.165) is 25.2 Å². The van der Waals surface area contributed by atoms with Gasteiger partial charge in [-0.1, -0.05) is 42.5 Å². The molecule has 0 aliphatic rings. The molecule has 25 heavy (non-hydrogen) atoms. The first-order valence-corrected chi connectivity index (χ1v) is 9.09. The summed E-state index contributed by atoms with van der Waals surface area (Å²) >= 11 is 1.77. The average Bonchev–Trinajstić information content (AvgIpc) is 3.16. The van der Waals surface area contributed by atoms with Crippen molar-refractivity contribution in [1.29, 1.82) is 0 Å². The molecule has 0 bridgehead atoms. The molecule has 0 amide bonds. The van der Waals surface area contributed by atoms with Gasteiger partial charge in [0.2, 0.25) is 0 Å². The van der Waals surface area contributed by atoms with Crippen LogP contribution in [0.4, 0.5) is 5.69 Å². The van der Waals surface area contributed by atoms with Gasteiger partial charge in [-0.05, 0) is 45.4 Å². The minimum Gasteiger partial charge on any atom is -0.326 e. The number of thiophene rings is 1. The van der Waals surface area contributed by atoms with Gasteiger partial charge in [-0.3, -0.25) is 4.90 Å². The molecule has 2 aromatic carbocycles. The predicted octanol–water partition coefficient (Wildman–Crippen LogP) is 4.81. The maximum atomic E-state index is 10.6. The summed E-state index contributed by atoms with van der Waals surface area (Å²) in [5, 5.41) is 5.07. The summed E-state index contributed by atoms with van der Waals surface area (Å²) in [5.74, 6) is 0. The number of rotatable bonds is 8. The molecular weight excluding hydrogens is 330 g/mol. The van der Waals surface area contributed by atoms with E-state index in [-0.39, 0.29) is 0 Å². The summed E-state index contributed by atoms with van der Waals surface area (Å²) < 4.78 is 0. The van der Waals surface area contributed by atoms with Crippen LogP contribution in [0.25, 0.3) is 0 Å². The van der Waals surface area contributed by atoms with Crippen molar-refractivity contribution in [2.75, 3.05) is 0 Å². The van der Waals surface area contributed by atoms with Gasteiger partial charge in [-0.25, -0.2) is 0 Å². The number of nitroso groups, excluding NO2 is 1. The van der Waals surface area contributed by atoms with E-state index >= 15 is 0 Å². The number of benzene rings is 2. The van der Waals surface area contributed by atoms with Crippen molar-refractivity contribution in [3.63, 3.8) is 0 Å². The minimum atomic E-state index is 0.464. The van der Waals surface area contributed by atoms with Gasteiger partial charge in [0.15, 0.2) is 0 Å². The van der Waals surface area contributed by atoms with Gasteiger partial charge in [0, 0.05) is 31.1 Å². The van der Waals surface area contributed by atoms with Crippen LogP contribution in [0.3, 0.4) is 0 Å². The zero-order valence-electron chi connectivity index (χ0n) is 14.0. The smallest absolute Gasteiger partial charge is 0.108 e. The molecule has 3 aromatic rings. The molecule has 0 aliphatic carbocycles. The fourth-order valence-electron chi connectivity index (χ4n) is 2.75. The summed E-state index contributed by atoms with van der Waals surface area (Å²) in [6.45, 7) is 3.13. The standard InChI is InChI=1S/C20H21N3OS/c21-12-16-3-5-17(6-4-16)13-23(15-20-2-1-11-25-20)14-18-7-9-19(22-24)10-8-18/h1-11H,12-15,21H2. The van der Waals surface area contributed by atoms with E-state index in [0.29, 0.717) is 12.2 Å². The lowest BCUT2D eigenvalue weighted by Crippen LogP contribution is -2.22. The van der Waals surface area contributed by atoms with Crippen molar-refractivity contribution < 1.29 is 0 Å². The second-order valence-electron chi connectivity index (χ2n) is 6.00. The molecule has 0 spiro atoms. The second-order valence-corrected chi connectivity index (χ2v) is 7.04. The van der Waals surface area contributed by atoms with E-state index in [9.17, 15) is 4.91 Å². The SMILES string of the molecule is NCc1ccc(CN(Cc2ccc(N=O)cc2)Cc2cccs2)cc1. The third-order valence-electron chi connectivity index (χ3n) is 4.07. The van der Waals surface area contributed by atoms with E-state index in [1.807, 2.05) is 12.1 Å². The maximum Gasteiger partial charge on any atom is 0.108 e. The normalized spacial score (nSPS) is 11.0. The van der Waals surface area contributed by atoms with Gasteiger partial charge in [0.1, 0.15) is 5.69 Å². The molecule has 2 N–H and O–H groups in total. The van der Waals surface area contributed by atoms with Crippen LogP contribution in [0.1, 0.15) is 21.6 Å². The lowest BCUT2D eigenvalue weighted by molar-refractivity contribution is 0.250. The minimum absolute atomic E-state index is 0.464. The van der Waals surface area contributed by atoms with Crippen molar-refractivity contribution >= 4 is 17.0 Å². The van der Waals surface area contributed by atoms with Crippen LogP contribution in [0, 0.1) is 4.91 Å². The molecule has 0 fully saturated rings. The van der Waals surface area contributed by atoms with Crippen LogP contribution in [0.15, 0.2) is 71.2 Å². The van der Waals surface area contributed by atoms with Crippen LogP contribution in [-0.2, 0) is 26.2 Å². The molecular formula is C20H21N3OS. The summed E-state index contributed by atoms with van der Waals surface area (Å²) in [6.07, 6.45) is 0. The highest BCUT2D eigenvalue weighted by Gasteiger charge is 2.09. The Kier molecular flexibility index (Phi) is 6.06. The van der Waals surface area contributed by atoms with Crippen molar-refractivity contribution in [3.05, 3.63) is 92.5 Å². The molecule has 1 heterocycles. The molecule has 0 radical (unpaired) electrons. The van der Waals surface area contributed by atoms with E-state index in [2.05, 4.69) is 51.9 Å². The van der Waals surface area contributed by atoms with Gasteiger partial charge in [0.25, 0.3) is 0 Å². The monoisotopic (exact) mass is 351 g/mol. The first-order chi connectivity index (χ1) is 12.3. The zero-order valence-corrected chi connectivity index (χ0v) is 14.8. The third-order valence-corrected chi connectivity index (χ3v) is 4.93. The van der Waals surface area contributed by atoms with Gasteiger partial charge in [-0.15, -0.1) is 16.2 Å². The molecule has 5 heteroatoms. The first-order valence-electron chi connectivity index (χ1n) is 8.22. The van der Waals surface area contributed by atoms with Crippen LogP contribution < -0.4 is 5.73 Å². The maximum absolute atomic E-state index is 10.6. The molecule has 0 saturated heterocycles. The van der Waals surface area contributed by atoms with Crippen LogP contribution in [0.2, 0.25) is 0 Å². The fourth-order valence-corrected chi connectivity index (χ4v) is 3.50. The number of nitrogens with zero attached hydrogens (tertiary/aromatic N) is 2. The van der Waals surface area contributed by atoms with Gasteiger partial charge >= 0.3 is 0 Å². The van der Waals surface area contributed by atoms with E-state index in [4.69, 9.17) is 5.73 Å². The fraction of sp³-hybridized carbons (Fsp3) is 0.200. The van der Waals surface area contributed by atoms with Crippen molar-refractivity contribution in [1.82, 2.24) is 4.90 Å². The van der Waals surface area contributed by atoms with E-state index in [1.165, 1.54) is 16.0 Å². The van der Waals surface area contributed by atoms with E-state index < -0.39 is 0 Å². The lowest BCUT2D eigenvalue weighted by atomic mass is 10.1. The highest BCUT2D eigenvalue weighted by atomic mass is 32.1. The Balaban J connectivity index is 1.74. The summed E-state index contributed by atoms with van der Waals surface area (Å²) in [7, 11) is 0. The molecule has 0 atom stereocenters. The molecule has 1 aromatic heterocycles.